The van der Waals surface area contributed by atoms with Crippen molar-refractivity contribution in [2.24, 2.45) is 0 Å². The Labute approximate surface area is 72.7 Å². The second-order valence-corrected chi connectivity index (χ2v) is 2.57. The lowest BCUT2D eigenvalue weighted by Crippen LogP contribution is -1.98. The normalized spacial score (nSPS) is 9.50. The maximum atomic E-state index is 4.31. The average Bonchev–Trinajstić information content (AvgIpc) is 2.08. The van der Waals surface area contributed by atoms with Gasteiger partial charge in [0.2, 0.25) is 0 Å². The molecule has 0 bridgehead atoms. The van der Waals surface area contributed by atoms with Crippen molar-refractivity contribution in [2.75, 3.05) is 0 Å². The molecule has 0 aliphatic rings. The van der Waals surface area contributed by atoms with Gasteiger partial charge in [0.1, 0.15) is 0 Å². The van der Waals surface area contributed by atoms with E-state index in [2.05, 4.69) is 23.1 Å². The highest BCUT2D eigenvalue weighted by atomic mass is 14.8. The van der Waals surface area contributed by atoms with Crippen LogP contribution in [0.2, 0.25) is 0 Å². The fraction of sp³-hybridized carbons (Fsp3) is 0.200. The Morgan fingerprint density at radius 3 is 1.50 bits per heavy atom. The van der Waals surface area contributed by atoms with Crippen LogP contribution in [0.4, 0.5) is 0 Å². The molecule has 0 saturated carbocycles. The Bertz CT molecular complexity index is 293. The molecule has 1 aromatic rings. The molecular weight excluding hydrogens is 148 g/mol. The fourth-order valence-corrected chi connectivity index (χ4v) is 1.02. The third-order valence-electron chi connectivity index (χ3n) is 1.70. The Balaban J connectivity index is 3.34. The summed E-state index contributed by atoms with van der Waals surface area (Å²) in [5.74, 6) is 0. The number of nitrogens with zero attached hydrogens (tertiary/aromatic N) is 2. The highest BCUT2D eigenvalue weighted by Crippen LogP contribution is 2.09. The molecule has 2 nitrogen and oxygen atoms in total. The zero-order valence-corrected chi connectivity index (χ0v) is 7.46. The minimum atomic E-state index is 0.845. The molecule has 1 rings (SSSR count). The van der Waals surface area contributed by atoms with Crippen LogP contribution in [0, 0.1) is 13.8 Å². The van der Waals surface area contributed by atoms with Gasteiger partial charge >= 0.3 is 0 Å². The molecule has 0 aliphatic heterocycles. The Morgan fingerprint density at radius 1 is 0.917 bits per heavy atom. The molecule has 0 unspecified atom stereocenters. The zero-order chi connectivity index (χ0) is 9.14. The molecule has 0 saturated heterocycles. The van der Waals surface area contributed by atoms with Gasteiger partial charge in [-0.15, -0.1) is 0 Å². The molecule has 0 amide bonds. The topological polar surface area (TPSA) is 25.8 Å². The quantitative estimate of drug-likeness (QED) is 0.663. The van der Waals surface area contributed by atoms with Gasteiger partial charge in [0.05, 0.1) is 22.8 Å². The van der Waals surface area contributed by atoms with Gasteiger partial charge in [0, 0.05) is 0 Å². The smallest absolute Gasteiger partial charge is 0.0839 e. The van der Waals surface area contributed by atoms with Crippen LogP contribution in [0.1, 0.15) is 22.8 Å². The lowest BCUT2D eigenvalue weighted by atomic mass is 10.2. The Hall–Kier alpha value is -1.44. The summed E-state index contributed by atoms with van der Waals surface area (Å²) in [5, 5.41) is 0. The van der Waals surface area contributed by atoms with Crippen molar-refractivity contribution in [3.63, 3.8) is 0 Å². The van der Waals surface area contributed by atoms with E-state index in [1.54, 1.807) is 12.2 Å². The number of hydrogen-bond donors (Lipinski definition) is 0. The number of hydrogen-bond acceptors (Lipinski definition) is 2. The van der Waals surface area contributed by atoms with Gasteiger partial charge in [-0.3, -0.25) is 0 Å². The van der Waals surface area contributed by atoms with Gasteiger partial charge in [-0.25, -0.2) is 9.97 Å². The van der Waals surface area contributed by atoms with Gasteiger partial charge < -0.3 is 0 Å². The number of aryl methyl sites for hydroxylation is 2. The van der Waals surface area contributed by atoms with E-state index in [0.29, 0.717) is 0 Å². The first-order valence-electron chi connectivity index (χ1n) is 3.79. The van der Waals surface area contributed by atoms with E-state index in [-0.39, 0.29) is 0 Å². The first-order valence-corrected chi connectivity index (χ1v) is 3.79. The average molecular weight is 160 g/mol. The van der Waals surface area contributed by atoms with Crippen LogP contribution in [0.5, 0.6) is 0 Å². The lowest BCUT2D eigenvalue weighted by Gasteiger charge is -2.03. The molecule has 0 N–H and O–H groups in total. The summed E-state index contributed by atoms with van der Waals surface area (Å²) in [6.45, 7) is 11.1. The first-order chi connectivity index (χ1) is 5.69. The summed E-state index contributed by atoms with van der Waals surface area (Å²) < 4.78 is 0. The highest BCUT2D eigenvalue weighted by Gasteiger charge is 2.01. The molecule has 12 heavy (non-hydrogen) atoms. The van der Waals surface area contributed by atoms with Crippen molar-refractivity contribution in [3.05, 3.63) is 35.9 Å². The minimum absolute atomic E-state index is 0.845. The van der Waals surface area contributed by atoms with Crippen LogP contribution >= 0.6 is 0 Å². The van der Waals surface area contributed by atoms with E-state index in [0.717, 1.165) is 22.8 Å². The zero-order valence-electron chi connectivity index (χ0n) is 7.46. The Morgan fingerprint density at radius 2 is 1.25 bits per heavy atom. The van der Waals surface area contributed by atoms with E-state index in [1.165, 1.54) is 0 Å². The van der Waals surface area contributed by atoms with Gasteiger partial charge in [0.15, 0.2) is 0 Å². The second kappa shape index (κ2) is 3.30. The van der Waals surface area contributed by atoms with Gasteiger partial charge in [0.25, 0.3) is 0 Å². The van der Waals surface area contributed by atoms with Gasteiger partial charge in [-0.05, 0) is 26.0 Å². The number of aromatic nitrogens is 2. The maximum absolute atomic E-state index is 4.31. The summed E-state index contributed by atoms with van der Waals surface area (Å²) in [4.78, 5) is 8.62. The third kappa shape index (κ3) is 1.42. The lowest BCUT2D eigenvalue weighted by molar-refractivity contribution is 1.03. The van der Waals surface area contributed by atoms with Crippen molar-refractivity contribution >= 4 is 12.2 Å². The van der Waals surface area contributed by atoms with Crippen LogP contribution in [-0.4, -0.2) is 9.97 Å². The van der Waals surface area contributed by atoms with Crippen molar-refractivity contribution in [1.29, 1.82) is 0 Å². The highest BCUT2D eigenvalue weighted by molar-refractivity contribution is 5.50. The van der Waals surface area contributed by atoms with Crippen LogP contribution in [-0.2, 0) is 0 Å². The second-order valence-electron chi connectivity index (χ2n) is 2.57. The fourth-order valence-electron chi connectivity index (χ4n) is 1.02. The van der Waals surface area contributed by atoms with E-state index >= 15 is 0 Å². The molecule has 0 aliphatic carbocycles. The van der Waals surface area contributed by atoms with Gasteiger partial charge in [-0.1, -0.05) is 13.2 Å². The van der Waals surface area contributed by atoms with Crippen molar-refractivity contribution < 1.29 is 0 Å². The van der Waals surface area contributed by atoms with Crippen molar-refractivity contribution in [2.45, 2.75) is 13.8 Å². The summed E-state index contributed by atoms with van der Waals surface area (Å²) in [5.41, 5.74) is 3.48. The summed E-state index contributed by atoms with van der Waals surface area (Å²) in [6, 6.07) is 0. The molecule has 1 heterocycles. The molecule has 0 atom stereocenters. The van der Waals surface area contributed by atoms with Crippen molar-refractivity contribution in [3.8, 4) is 0 Å². The predicted molar refractivity (Wildman–Crippen MR) is 51.7 cm³/mol. The summed E-state index contributed by atoms with van der Waals surface area (Å²) >= 11 is 0. The predicted octanol–water partition coefficient (Wildman–Crippen LogP) is 2.38. The van der Waals surface area contributed by atoms with Crippen LogP contribution in [0.15, 0.2) is 13.2 Å². The molecule has 0 fully saturated rings. The van der Waals surface area contributed by atoms with Crippen LogP contribution in [0.25, 0.3) is 12.2 Å². The third-order valence-corrected chi connectivity index (χ3v) is 1.70. The van der Waals surface area contributed by atoms with Gasteiger partial charge in [-0.2, -0.15) is 0 Å². The Kier molecular flexibility index (Phi) is 2.38. The standard InChI is InChI=1S/C10H12N2/c1-5-9-7(3)12-10(6-2)8(4)11-9/h5-6H,1-2H2,3-4H3. The van der Waals surface area contributed by atoms with E-state index in [4.69, 9.17) is 0 Å². The first kappa shape index (κ1) is 8.65. The van der Waals surface area contributed by atoms with Crippen LogP contribution < -0.4 is 0 Å². The molecule has 0 radical (unpaired) electrons. The molecule has 0 aromatic carbocycles. The molecular formula is C10H12N2. The van der Waals surface area contributed by atoms with Crippen LogP contribution in [0.3, 0.4) is 0 Å². The van der Waals surface area contributed by atoms with E-state index < -0.39 is 0 Å². The van der Waals surface area contributed by atoms with E-state index in [1.807, 2.05) is 13.8 Å². The minimum Gasteiger partial charge on any atom is -0.250 e. The van der Waals surface area contributed by atoms with Crippen molar-refractivity contribution in [1.82, 2.24) is 9.97 Å². The SMILES string of the molecule is C=Cc1nc(C)c(C=C)nc1C. The van der Waals surface area contributed by atoms with E-state index in [9.17, 15) is 0 Å². The monoisotopic (exact) mass is 160 g/mol. The summed E-state index contributed by atoms with van der Waals surface area (Å²) in [6.07, 6.45) is 3.42. The maximum Gasteiger partial charge on any atom is 0.0839 e. The largest absolute Gasteiger partial charge is 0.250 e. The molecule has 0 spiro atoms. The summed E-state index contributed by atoms with van der Waals surface area (Å²) in [7, 11) is 0. The molecule has 62 valence electrons. The number of rotatable bonds is 2. The molecule has 2 heteroatoms. The molecule has 1 aromatic heterocycles.